The van der Waals surface area contributed by atoms with Gasteiger partial charge in [0.2, 0.25) is 5.78 Å². The van der Waals surface area contributed by atoms with Gasteiger partial charge in [-0.2, -0.15) is 13.2 Å². The molecule has 12 heteroatoms. The van der Waals surface area contributed by atoms with Crippen molar-refractivity contribution in [2.45, 2.75) is 83.5 Å². The number of nitrogens with two attached hydrogens (primary N) is 1. The molecule has 47 heavy (non-hydrogen) atoms. The van der Waals surface area contributed by atoms with Gasteiger partial charge in [0, 0.05) is 37.5 Å². The Kier molecular flexibility index (Phi) is 7.23. The molecule has 8 rings (SSSR count). The Hall–Kier alpha value is -3.38. The molecule has 0 saturated heterocycles. The molecule has 1 amide bonds. The normalized spacial score (nSPS) is 33.0. The number of amides is 1. The predicted molar refractivity (Wildman–Crippen MR) is 162 cm³/mol. The number of Topliss-reactive ketones (excluding diaryl/α,β-unsaturated/α-hetero) is 2. The van der Waals surface area contributed by atoms with Crippen LogP contribution in [0.2, 0.25) is 0 Å². The molecule has 5 fully saturated rings. The van der Waals surface area contributed by atoms with Gasteiger partial charge >= 0.3 is 6.18 Å². The second kappa shape index (κ2) is 10.6. The van der Waals surface area contributed by atoms with Crippen molar-refractivity contribution in [2.24, 2.45) is 46.7 Å². The molecule has 9 nitrogen and oxygen atoms in total. The van der Waals surface area contributed by atoms with E-state index < -0.39 is 93.5 Å². The van der Waals surface area contributed by atoms with E-state index >= 15 is 13.2 Å². The zero-order chi connectivity index (χ0) is 34.0. The van der Waals surface area contributed by atoms with Gasteiger partial charge in [-0.25, -0.2) is 0 Å². The number of nitrogens with zero attached hydrogens (tertiary/aromatic N) is 1. The van der Waals surface area contributed by atoms with Gasteiger partial charge < -0.3 is 26.2 Å². The van der Waals surface area contributed by atoms with E-state index in [-0.39, 0.29) is 29.5 Å². The number of hydrogen-bond acceptors (Lipinski definition) is 8. The van der Waals surface area contributed by atoms with E-state index in [1.54, 1.807) is 0 Å². The van der Waals surface area contributed by atoms with Crippen LogP contribution in [0.25, 0.3) is 5.76 Å². The minimum atomic E-state index is -4.86. The van der Waals surface area contributed by atoms with Crippen molar-refractivity contribution in [1.82, 2.24) is 4.90 Å². The van der Waals surface area contributed by atoms with E-state index in [1.807, 2.05) is 0 Å². The zero-order valence-corrected chi connectivity index (χ0v) is 26.5. The molecule has 7 aliphatic rings. The van der Waals surface area contributed by atoms with Crippen molar-refractivity contribution in [2.75, 3.05) is 13.1 Å². The van der Waals surface area contributed by atoms with E-state index in [2.05, 4.69) is 18.7 Å². The molecular formula is C35H41F3N2O7. The fraction of sp³-hybridized carbons (Fsp3) is 0.629. The number of rotatable bonds is 7. The molecule has 2 bridgehead atoms. The summed E-state index contributed by atoms with van der Waals surface area (Å²) in [6, 6.07) is 1.02. The first kappa shape index (κ1) is 32.2. The fourth-order valence-corrected chi connectivity index (χ4v) is 9.86. The van der Waals surface area contributed by atoms with Crippen LogP contribution in [0.3, 0.4) is 0 Å². The molecule has 0 aliphatic heterocycles. The molecule has 7 aliphatic carbocycles. The highest BCUT2D eigenvalue weighted by atomic mass is 19.4. The lowest BCUT2D eigenvalue weighted by Gasteiger charge is -2.60. The van der Waals surface area contributed by atoms with E-state index in [1.165, 1.54) is 0 Å². The first-order chi connectivity index (χ1) is 21.9. The Labute approximate surface area is 270 Å². The van der Waals surface area contributed by atoms with Gasteiger partial charge in [0.25, 0.3) is 5.91 Å². The van der Waals surface area contributed by atoms with Gasteiger partial charge in [0.15, 0.2) is 11.4 Å². The third-order valence-electron chi connectivity index (χ3n) is 12.5. The Morgan fingerprint density at radius 2 is 1.72 bits per heavy atom. The fourth-order valence-electron chi connectivity index (χ4n) is 9.86. The lowest BCUT2D eigenvalue weighted by Crippen LogP contribution is -2.58. The molecule has 1 aromatic rings. The molecule has 0 spiro atoms. The number of halogens is 3. The number of aromatic hydroxyl groups is 1. The van der Waals surface area contributed by atoms with Gasteiger partial charge in [0.05, 0.1) is 11.1 Å². The number of primary amides is 1. The maximum absolute atomic E-state index is 15.1. The number of carbonyl (C=O) groups is 3. The molecule has 1 aromatic carbocycles. The summed E-state index contributed by atoms with van der Waals surface area (Å²) in [5.41, 5.74) is -0.693. The molecule has 0 aromatic heterocycles. The van der Waals surface area contributed by atoms with Crippen LogP contribution in [0, 0.1) is 40.9 Å². The lowest BCUT2D eigenvalue weighted by atomic mass is 9.45. The number of ketones is 2. The average molecular weight is 659 g/mol. The third kappa shape index (κ3) is 4.83. The van der Waals surface area contributed by atoms with Gasteiger partial charge in [-0.3, -0.25) is 19.3 Å². The Morgan fingerprint density at radius 3 is 2.32 bits per heavy atom. The highest BCUT2D eigenvalue weighted by molar-refractivity contribution is 6.22. The topological polar surface area (TPSA) is 161 Å². The average Bonchev–Trinajstić information content (AvgIpc) is 3.77. The van der Waals surface area contributed by atoms with Crippen molar-refractivity contribution >= 4 is 23.2 Å². The SMILES string of the molecule is CC1(C)C2CC[C@@H](CN(Cc3cc(O)c4c(c3C(F)(F)F)CC3C[C@H]5CC(=O)C(C(N)=O)=C(O)[C@@]5(O)C(=O)C3=C4O)CC3CC3)C1C2. The maximum atomic E-state index is 15.1. The van der Waals surface area contributed by atoms with Gasteiger partial charge in [-0.05, 0) is 97.1 Å². The zero-order valence-electron chi connectivity index (χ0n) is 26.5. The van der Waals surface area contributed by atoms with E-state index in [4.69, 9.17) is 5.73 Å². The standard InChI is InChI=1S/C35H41F3N2O7/c1-33(2)19-6-5-16(22(33)10-19)13-40(12-15-3-4-15)14-18-9-23(41)26-21(28(18)35(36,37)38)8-17-7-20-11-24(42)27(32(39)46)31(45)34(20,47)30(44)25(17)29(26)43/h9,15-17,19-20,22,41,43,45,47H,3-8,10-14H2,1-2H3,(H2,39,46)/t16-,17?,19?,20-,22?,34-/m0/s1. The van der Waals surface area contributed by atoms with Crippen LogP contribution in [0.1, 0.15) is 81.0 Å². The number of fused-ring (bicyclic) bond motifs is 5. The third-order valence-corrected chi connectivity index (χ3v) is 12.5. The summed E-state index contributed by atoms with van der Waals surface area (Å²) < 4.78 is 45.2. The second-order valence-corrected chi connectivity index (χ2v) is 15.5. The van der Waals surface area contributed by atoms with E-state index in [0.717, 1.165) is 38.2 Å². The number of benzene rings is 1. The number of phenols is 1. The van der Waals surface area contributed by atoms with Crippen molar-refractivity contribution in [3.8, 4) is 5.75 Å². The van der Waals surface area contributed by atoms with Crippen LogP contribution in [0.15, 0.2) is 23.0 Å². The summed E-state index contributed by atoms with van der Waals surface area (Å²) in [5.74, 6) is -6.58. The molecule has 6 N–H and O–H groups in total. The highest BCUT2D eigenvalue weighted by Gasteiger charge is 2.61. The summed E-state index contributed by atoms with van der Waals surface area (Å²) in [4.78, 5) is 40.4. The lowest BCUT2D eigenvalue weighted by molar-refractivity contribution is -0.147. The first-order valence-electron chi connectivity index (χ1n) is 16.6. The number of hydrogen-bond donors (Lipinski definition) is 5. The number of aliphatic hydroxyl groups excluding tert-OH is 2. The summed E-state index contributed by atoms with van der Waals surface area (Å²) in [6.07, 6.45) is -0.678. The predicted octanol–water partition coefficient (Wildman–Crippen LogP) is 4.73. The molecule has 0 heterocycles. The van der Waals surface area contributed by atoms with Crippen LogP contribution in [0.4, 0.5) is 13.2 Å². The number of alkyl halides is 3. The smallest absolute Gasteiger partial charge is 0.417 e. The van der Waals surface area contributed by atoms with Crippen molar-refractivity contribution in [1.29, 1.82) is 0 Å². The quantitative estimate of drug-likeness (QED) is 0.263. The monoisotopic (exact) mass is 658 g/mol. The molecule has 5 saturated carbocycles. The van der Waals surface area contributed by atoms with Crippen LogP contribution in [0.5, 0.6) is 5.75 Å². The van der Waals surface area contributed by atoms with Crippen LogP contribution in [-0.4, -0.2) is 61.5 Å². The Morgan fingerprint density at radius 1 is 1.02 bits per heavy atom. The van der Waals surface area contributed by atoms with Gasteiger partial charge in [0.1, 0.15) is 22.8 Å². The largest absolute Gasteiger partial charge is 0.508 e. The van der Waals surface area contributed by atoms with E-state index in [0.29, 0.717) is 36.8 Å². The number of aliphatic hydroxyl groups is 3. The van der Waals surface area contributed by atoms with Crippen LogP contribution < -0.4 is 5.73 Å². The molecule has 254 valence electrons. The van der Waals surface area contributed by atoms with E-state index in [9.17, 15) is 34.8 Å². The molecular weight excluding hydrogens is 617 g/mol. The number of phenolic OH excluding ortho intramolecular Hbond substituents is 1. The first-order valence-corrected chi connectivity index (χ1v) is 16.6. The van der Waals surface area contributed by atoms with Crippen LogP contribution in [-0.2, 0) is 33.5 Å². The Bertz CT molecular complexity index is 1660. The van der Waals surface area contributed by atoms with Crippen molar-refractivity contribution in [3.63, 3.8) is 0 Å². The molecule has 6 atom stereocenters. The second-order valence-electron chi connectivity index (χ2n) is 15.5. The summed E-state index contributed by atoms with van der Waals surface area (Å²) in [5, 5.41) is 44.7. The number of carbonyl (C=O) groups excluding carboxylic acids is 3. The highest BCUT2D eigenvalue weighted by Crippen LogP contribution is 2.61. The Balaban J connectivity index is 1.28. The summed E-state index contributed by atoms with van der Waals surface area (Å²) >= 11 is 0. The molecule has 3 unspecified atom stereocenters. The van der Waals surface area contributed by atoms with Crippen LogP contribution >= 0.6 is 0 Å². The summed E-state index contributed by atoms with van der Waals surface area (Å²) in [7, 11) is 0. The van der Waals surface area contributed by atoms with Gasteiger partial charge in [-0.1, -0.05) is 13.8 Å². The minimum absolute atomic E-state index is 0.0361. The van der Waals surface area contributed by atoms with Gasteiger partial charge in [-0.15, -0.1) is 0 Å². The minimum Gasteiger partial charge on any atom is -0.508 e. The van der Waals surface area contributed by atoms with Crippen molar-refractivity contribution in [3.05, 3.63) is 45.2 Å². The maximum Gasteiger partial charge on any atom is 0.417 e. The van der Waals surface area contributed by atoms with Crippen molar-refractivity contribution < 1.29 is 48.0 Å². The molecule has 0 radical (unpaired) electrons. The summed E-state index contributed by atoms with van der Waals surface area (Å²) in [6.45, 7) is 5.86.